The average Bonchev–Trinajstić information content (AvgIpc) is 3.13. The molecule has 170 valence electrons. The number of carbonyl (C=O) groups excluding carboxylic acids is 1. The number of carbonyl (C=O) groups is 2. The van der Waals surface area contributed by atoms with Crippen molar-refractivity contribution in [1.82, 2.24) is 5.32 Å². The van der Waals surface area contributed by atoms with Crippen molar-refractivity contribution in [2.24, 2.45) is 0 Å². The van der Waals surface area contributed by atoms with Crippen LogP contribution in [0.15, 0.2) is 71.2 Å². The van der Waals surface area contributed by atoms with E-state index in [0.29, 0.717) is 15.8 Å². The molecule has 0 heterocycles. The van der Waals surface area contributed by atoms with Crippen LogP contribution >= 0.6 is 27.7 Å². The zero-order valence-electron chi connectivity index (χ0n) is 17.5. The molecule has 5 nitrogen and oxygen atoms in total. The molecule has 0 spiro atoms. The number of benzene rings is 3. The number of fused-ring (bicyclic) bond motifs is 3. The Morgan fingerprint density at radius 3 is 2.30 bits per heavy atom. The summed E-state index contributed by atoms with van der Waals surface area (Å²) in [7, 11) is 0. The largest absolute Gasteiger partial charge is 0.480 e. The fraction of sp³-hybridized carbons (Fsp3) is 0.200. The van der Waals surface area contributed by atoms with Gasteiger partial charge in [0.05, 0.1) is 4.47 Å². The van der Waals surface area contributed by atoms with E-state index in [0.717, 1.165) is 22.3 Å². The third-order valence-corrected chi connectivity index (χ3v) is 7.48. The first-order chi connectivity index (χ1) is 16.0. The van der Waals surface area contributed by atoms with Crippen molar-refractivity contribution in [1.29, 1.82) is 0 Å². The van der Waals surface area contributed by atoms with Crippen LogP contribution in [0.3, 0.4) is 0 Å². The maximum Gasteiger partial charge on any atom is 0.407 e. The summed E-state index contributed by atoms with van der Waals surface area (Å²) < 4.78 is 19.4. The molecule has 0 bridgehead atoms. The van der Waals surface area contributed by atoms with Gasteiger partial charge in [-0.3, -0.25) is 0 Å². The molecule has 0 radical (unpaired) electrons. The van der Waals surface area contributed by atoms with Crippen LogP contribution in [0, 0.1) is 5.82 Å². The molecule has 0 aliphatic heterocycles. The lowest BCUT2D eigenvalue weighted by molar-refractivity contribution is -0.138. The van der Waals surface area contributed by atoms with Gasteiger partial charge in [0.2, 0.25) is 0 Å². The van der Waals surface area contributed by atoms with Crippen LogP contribution < -0.4 is 5.32 Å². The van der Waals surface area contributed by atoms with Gasteiger partial charge in [-0.15, -0.1) is 0 Å². The van der Waals surface area contributed by atoms with Gasteiger partial charge in [-0.05, 0) is 49.8 Å². The SMILES string of the molecule is O=C(NC(CSCc1cccc(F)c1Br)C(=O)O)OCC1c2ccccc2-c2ccccc21. The van der Waals surface area contributed by atoms with Crippen molar-refractivity contribution >= 4 is 39.8 Å². The highest BCUT2D eigenvalue weighted by molar-refractivity contribution is 9.10. The predicted molar refractivity (Wildman–Crippen MR) is 130 cm³/mol. The lowest BCUT2D eigenvalue weighted by Gasteiger charge is -2.17. The normalized spacial score (nSPS) is 13.2. The van der Waals surface area contributed by atoms with Crippen molar-refractivity contribution < 1.29 is 23.8 Å². The standard InChI is InChI=1S/C25H21BrFNO4S/c26-23-15(6-5-11-21(23)27)13-33-14-22(24(29)30)28-25(31)32-12-20-18-9-3-1-7-16(18)17-8-2-4-10-19(17)20/h1-11,20,22H,12-14H2,(H,28,31)(H,29,30). The average molecular weight is 530 g/mol. The highest BCUT2D eigenvalue weighted by Crippen LogP contribution is 2.44. The number of rotatable bonds is 8. The molecule has 33 heavy (non-hydrogen) atoms. The minimum absolute atomic E-state index is 0.105. The van der Waals surface area contributed by atoms with Crippen molar-refractivity contribution in [3.05, 3.63) is 93.7 Å². The summed E-state index contributed by atoms with van der Waals surface area (Å²) in [5, 5.41) is 11.9. The number of aliphatic carboxylic acids is 1. The van der Waals surface area contributed by atoms with E-state index in [4.69, 9.17) is 4.74 Å². The van der Waals surface area contributed by atoms with E-state index in [2.05, 4.69) is 21.2 Å². The van der Waals surface area contributed by atoms with Crippen molar-refractivity contribution in [3.8, 4) is 11.1 Å². The summed E-state index contributed by atoms with van der Waals surface area (Å²) in [4.78, 5) is 24.0. The number of hydrogen-bond acceptors (Lipinski definition) is 4. The molecule has 0 saturated heterocycles. The monoisotopic (exact) mass is 529 g/mol. The second-order valence-electron chi connectivity index (χ2n) is 7.59. The Labute approximate surface area is 203 Å². The van der Waals surface area contributed by atoms with Crippen molar-refractivity contribution in [2.45, 2.75) is 17.7 Å². The molecule has 3 aromatic rings. The lowest BCUT2D eigenvalue weighted by Crippen LogP contribution is -2.43. The van der Waals surface area contributed by atoms with Gasteiger partial charge in [0, 0.05) is 17.4 Å². The summed E-state index contributed by atoms with van der Waals surface area (Å²) in [5.74, 6) is -1.13. The first-order valence-corrected chi connectivity index (χ1v) is 12.3. The Bertz CT molecular complexity index is 1140. The van der Waals surface area contributed by atoms with Gasteiger partial charge in [-0.1, -0.05) is 60.7 Å². The van der Waals surface area contributed by atoms with E-state index in [-0.39, 0.29) is 24.1 Å². The topological polar surface area (TPSA) is 75.6 Å². The number of alkyl carbamates (subject to hydrolysis) is 1. The van der Waals surface area contributed by atoms with Crippen molar-refractivity contribution in [2.75, 3.05) is 12.4 Å². The van der Waals surface area contributed by atoms with Crippen LogP contribution in [0.2, 0.25) is 0 Å². The van der Waals surface area contributed by atoms with E-state index >= 15 is 0 Å². The molecule has 1 aliphatic carbocycles. The molecule has 0 aromatic heterocycles. The number of thioether (sulfide) groups is 1. The molecule has 4 rings (SSSR count). The van der Waals surface area contributed by atoms with Gasteiger partial charge < -0.3 is 15.2 Å². The Morgan fingerprint density at radius 1 is 1.03 bits per heavy atom. The van der Waals surface area contributed by atoms with Crippen LogP contribution in [0.25, 0.3) is 11.1 Å². The predicted octanol–water partition coefficient (Wildman–Crippen LogP) is 5.81. The Hall–Kier alpha value is -2.84. The lowest BCUT2D eigenvalue weighted by atomic mass is 9.98. The Kier molecular flexibility index (Phi) is 7.35. The van der Waals surface area contributed by atoms with E-state index in [1.54, 1.807) is 12.1 Å². The van der Waals surface area contributed by atoms with E-state index in [1.807, 2.05) is 48.5 Å². The maximum absolute atomic E-state index is 13.6. The molecule has 1 amide bonds. The highest BCUT2D eigenvalue weighted by Gasteiger charge is 2.29. The minimum Gasteiger partial charge on any atom is -0.480 e. The fourth-order valence-corrected chi connectivity index (χ4v) is 5.53. The molecule has 0 saturated carbocycles. The van der Waals surface area contributed by atoms with E-state index in [1.165, 1.54) is 17.8 Å². The Morgan fingerprint density at radius 2 is 1.67 bits per heavy atom. The third-order valence-electron chi connectivity index (χ3n) is 5.51. The summed E-state index contributed by atoms with van der Waals surface area (Å²) in [6.45, 7) is 0.107. The van der Waals surface area contributed by atoms with Gasteiger partial charge in [-0.25, -0.2) is 14.0 Å². The highest BCUT2D eigenvalue weighted by atomic mass is 79.9. The summed E-state index contributed by atoms with van der Waals surface area (Å²) in [6, 6.07) is 19.5. The van der Waals surface area contributed by atoms with Gasteiger partial charge in [0.1, 0.15) is 18.5 Å². The second-order valence-corrected chi connectivity index (χ2v) is 9.41. The number of nitrogens with one attached hydrogen (secondary N) is 1. The number of hydrogen-bond donors (Lipinski definition) is 2. The first-order valence-electron chi connectivity index (χ1n) is 10.3. The smallest absolute Gasteiger partial charge is 0.407 e. The van der Waals surface area contributed by atoms with Crippen LogP contribution in [0.5, 0.6) is 0 Å². The number of carboxylic acids is 1. The van der Waals surface area contributed by atoms with E-state index < -0.39 is 18.1 Å². The fourth-order valence-electron chi connectivity index (χ4n) is 3.90. The number of amides is 1. The van der Waals surface area contributed by atoms with Gasteiger partial charge >= 0.3 is 12.1 Å². The van der Waals surface area contributed by atoms with Gasteiger partial charge in [0.25, 0.3) is 0 Å². The quantitative estimate of drug-likeness (QED) is 0.384. The third kappa shape index (κ3) is 5.23. The minimum atomic E-state index is -1.16. The summed E-state index contributed by atoms with van der Waals surface area (Å²) in [5.41, 5.74) is 5.11. The first kappa shape index (κ1) is 23.3. The van der Waals surface area contributed by atoms with Gasteiger partial charge in [0.15, 0.2) is 0 Å². The number of ether oxygens (including phenoxy) is 1. The second kappa shape index (κ2) is 10.4. The van der Waals surface area contributed by atoms with Crippen LogP contribution in [0.1, 0.15) is 22.6 Å². The van der Waals surface area contributed by atoms with Crippen molar-refractivity contribution in [3.63, 3.8) is 0 Å². The van der Waals surface area contributed by atoms with Crippen LogP contribution in [-0.4, -0.2) is 35.6 Å². The Balaban J connectivity index is 1.34. The maximum atomic E-state index is 13.6. The molecule has 2 N–H and O–H groups in total. The summed E-state index contributed by atoms with van der Waals surface area (Å²) in [6.07, 6.45) is -0.781. The molecule has 8 heteroatoms. The molecular weight excluding hydrogens is 509 g/mol. The number of carboxylic acid groups (broad SMARTS) is 1. The molecule has 1 aliphatic rings. The number of halogens is 2. The molecule has 1 atom stereocenters. The van der Waals surface area contributed by atoms with Gasteiger partial charge in [-0.2, -0.15) is 11.8 Å². The molecule has 0 fully saturated rings. The molecule has 1 unspecified atom stereocenters. The molecule has 3 aromatic carbocycles. The van der Waals surface area contributed by atoms with Crippen LogP contribution in [0.4, 0.5) is 9.18 Å². The zero-order valence-corrected chi connectivity index (χ0v) is 19.9. The van der Waals surface area contributed by atoms with Crippen LogP contribution in [-0.2, 0) is 15.3 Å². The zero-order chi connectivity index (χ0) is 23.4. The van der Waals surface area contributed by atoms with E-state index in [9.17, 15) is 19.1 Å². The summed E-state index contributed by atoms with van der Waals surface area (Å²) >= 11 is 4.48. The molecular formula is C25H21BrFNO4S.